The Morgan fingerprint density at radius 2 is 1.95 bits per heavy atom. The topological polar surface area (TPSA) is 69.7 Å². The quantitative estimate of drug-likeness (QED) is 0.628. The van der Waals surface area contributed by atoms with Crippen LogP contribution in [0.4, 0.5) is 0 Å². The minimum atomic E-state index is -4.00. The van der Waals surface area contributed by atoms with Crippen molar-refractivity contribution in [3.8, 4) is 5.75 Å². The normalized spacial score (nSPS) is 12.9. The summed E-state index contributed by atoms with van der Waals surface area (Å²) in [6.07, 6.45) is -0.765. The van der Waals surface area contributed by atoms with Gasteiger partial charge in [0, 0.05) is 17.6 Å². The second-order valence-electron chi connectivity index (χ2n) is 3.68. The predicted molar refractivity (Wildman–Crippen MR) is 71.2 cm³/mol. The summed E-state index contributed by atoms with van der Waals surface area (Å²) in [5, 5.41) is 0.217. The van der Waals surface area contributed by atoms with Gasteiger partial charge in [0.15, 0.2) is 0 Å². The van der Waals surface area contributed by atoms with E-state index in [4.69, 9.17) is 31.8 Å². The maximum atomic E-state index is 11.5. The van der Waals surface area contributed by atoms with Crippen LogP contribution in [0.2, 0.25) is 5.02 Å². The van der Waals surface area contributed by atoms with E-state index in [-0.39, 0.29) is 21.2 Å². The molecule has 0 aromatic heterocycles. The molecular weight excluding hydrogens is 315 g/mol. The molecule has 1 unspecified atom stereocenters. The Morgan fingerprint density at radius 3 is 2.37 bits per heavy atom. The fraction of sp³-hybridized carbons (Fsp3) is 0.364. The molecular formula is C11H12Cl2O5S. The molecule has 0 aliphatic carbocycles. The van der Waals surface area contributed by atoms with Crippen molar-refractivity contribution in [3.05, 3.63) is 22.7 Å². The highest BCUT2D eigenvalue weighted by Crippen LogP contribution is 2.39. The number of hydrogen-bond acceptors (Lipinski definition) is 5. The van der Waals surface area contributed by atoms with Crippen LogP contribution in [0.3, 0.4) is 0 Å². The van der Waals surface area contributed by atoms with E-state index >= 15 is 0 Å². The molecule has 1 aromatic carbocycles. The lowest BCUT2D eigenvalue weighted by atomic mass is 10.1. The van der Waals surface area contributed by atoms with E-state index < -0.39 is 21.1 Å². The molecule has 0 aliphatic rings. The zero-order valence-corrected chi connectivity index (χ0v) is 12.8. The average molecular weight is 327 g/mol. The second kappa shape index (κ2) is 5.98. The third-order valence-electron chi connectivity index (χ3n) is 2.32. The zero-order chi connectivity index (χ0) is 14.8. The van der Waals surface area contributed by atoms with Crippen molar-refractivity contribution in [1.82, 2.24) is 0 Å². The van der Waals surface area contributed by atoms with E-state index in [1.807, 2.05) is 0 Å². The number of methoxy groups -OCH3 is 1. The lowest BCUT2D eigenvalue weighted by Crippen LogP contribution is -2.09. The minimum Gasteiger partial charge on any atom is -0.495 e. The summed E-state index contributed by atoms with van der Waals surface area (Å²) in [4.78, 5) is 10.7. The first-order chi connectivity index (χ1) is 8.68. The summed E-state index contributed by atoms with van der Waals surface area (Å²) in [6.45, 7) is 2.79. The molecule has 0 saturated heterocycles. The van der Waals surface area contributed by atoms with Gasteiger partial charge >= 0.3 is 5.97 Å². The van der Waals surface area contributed by atoms with Crippen LogP contribution < -0.4 is 4.74 Å². The number of hydrogen-bond donors (Lipinski definition) is 0. The highest BCUT2D eigenvalue weighted by Gasteiger charge is 2.26. The third kappa shape index (κ3) is 3.75. The van der Waals surface area contributed by atoms with Crippen molar-refractivity contribution in [3.63, 3.8) is 0 Å². The van der Waals surface area contributed by atoms with Crippen LogP contribution in [0.25, 0.3) is 0 Å². The van der Waals surface area contributed by atoms with E-state index in [0.717, 1.165) is 0 Å². The number of rotatable bonds is 4. The lowest BCUT2D eigenvalue weighted by Gasteiger charge is -2.18. The minimum absolute atomic E-state index is 0.0312. The molecule has 19 heavy (non-hydrogen) atoms. The highest BCUT2D eigenvalue weighted by atomic mass is 35.7. The molecule has 0 N–H and O–H groups in total. The van der Waals surface area contributed by atoms with Gasteiger partial charge in [0.05, 0.1) is 17.7 Å². The molecule has 0 fully saturated rings. The van der Waals surface area contributed by atoms with Crippen LogP contribution in [-0.4, -0.2) is 21.5 Å². The first kappa shape index (κ1) is 16.1. The standard InChI is InChI=1S/C11H12Cl2O5S/c1-6(18-7(2)14)10-8(12)4-5-9(11(10)17-3)19(13,15)16/h4-6H,1-3H3. The number of ether oxygens (including phenoxy) is 2. The Morgan fingerprint density at radius 1 is 1.37 bits per heavy atom. The van der Waals surface area contributed by atoms with E-state index in [9.17, 15) is 13.2 Å². The number of benzene rings is 1. The van der Waals surface area contributed by atoms with Crippen LogP contribution in [0.15, 0.2) is 17.0 Å². The molecule has 106 valence electrons. The van der Waals surface area contributed by atoms with Crippen LogP contribution in [0.1, 0.15) is 25.5 Å². The van der Waals surface area contributed by atoms with Gasteiger partial charge in [-0.15, -0.1) is 0 Å². The van der Waals surface area contributed by atoms with Crippen molar-refractivity contribution in [2.24, 2.45) is 0 Å². The van der Waals surface area contributed by atoms with Crippen molar-refractivity contribution in [2.45, 2.75) is 24.8 Å². The van der Waals surface area contributed by atoms with Crippen LogP contribution in [-0.2, 0) is 18.6 Å². The Labute approximate surface area is 120 Å². The fourth-order valence-corrected chi connectivity index (χ4v) is 2.96. The molecule has 1 atom stereocenters. The first-order valence-corrected chi connectivity index (χ1v) is 7.85. The van der Waals surface area contributed by atoms with Crippen LogP contribution in [0, 0.1) is 0 Å². The number of carbonyl (C=O) groups is 1. The maximum absolute atomic E-state index is 11.5. The van der Waals surface area contributed by atoms with Gasteiger partial charge < -0.3 is 9.47 Å². The van der Waals surface area contributed by atoms with Gasteiger partial charge in [-0.2, -0.15) is 0 Å². The molecule has 0 heterocycles. The van der Waals surface area contributed by atoms with E-state index in [1.165, 1.54) is 26.2 Å². The molecule has 8 heteroatoms. The monoisotopic (exact) mass is 326 g/mol. The van der Waals surface area contributed by atoms with Crippen molar-refractivity contribution in [2.75, 3.05) is 7.11 Å². The number of halogens is 2. The molecule has 0 radical (unpaired) electrons. The molecule has 5 nitrogen and oxygen atoms in total. The van der Waals surface area contributed by atoms with Gasteiger partial charge in [-0.25, -0.2) is 8.42 Å². The first-order valence-electron chi connectivity index (χ1n) is 5.16. The summed E-state index contributed by atoms with van der Waals surface area (Å²) in [6, 6.07) is 2.59. The number of esters is 1. The summed E-state index contributed by atoms with van der Waals surface area (Å²) < 4.78 is 32.9. The Hall–Kier alpha value is -0.980. The summed E-state index contributed by atoms with van der Waals surface area (Å²) in [5.74, 6) is -0.555. The Balaban J connectivity index is 3.49. The maximum Gasteiger partial charge on any atom is 0.303 e. The molecule has 0 amide bonds. The van der Waals surface area contributed by atoms with Crippen molar-refractivity contribution >= 4 is 37.3 Å². The van der Waals surface area contributed by atoms with Crippen molar-refractivity contribution < 1.29 is 22.7 Å². The summed E-state index contributed by atoms with van der Waals surface area (Å²) >= 11 is 6.00. The predicted octanol–water partition coefficient (Wildman–Crippen LogP) is 2.90. The SMILES string of the molecule is COc1c(S(=O)(=O)Cl)ccc(Cl)c1C(C)OC(C)=O. The molecule has 1 rings (SSSR count). The largest absolute Gasteiger partial charge is 0.495 e. The van der Waals surface area contributed by atoms with Gasteiger partial charge in [-0.05, 0) is 19.1 Å². The van der Waals surface area contributed by atoms with Gasteiger partial charge in [0.25, 0.3) is 9.05 Å². The van der Waals surface area contributed by atoms with E-state index in [0.29, 0.717) is 0 Å². The molecule has 0 spiro atoms. The molecule has 1 aromatic rings. The molecule has 0 aliphatic heterocycles. The van der Waals surface area contributed by atoms with E-state index in [2.05, 4.69) is 0 Å². The van der Waals surface area contributed by atoms with Gasteiger partial charge in [-0.1, -0.05) is 11.6 Å². The fourth-order valence-electron chi connectivity index (χ4n) is 1.64. The van der Waals surface area contributed by atoms with Crippen LogP contribution in [0.5, 0.6) is 5.75 Å². The average Bonchev–Trinajstić information content (AvgIpc) is 2.25. The zero-order valence-electron chi connectivity index (χ0n) is 10.4. The molecule has 0 saturated carbocycles. The van der Waals surface area contributed by atoms with Gasteiger partial charge in [0.2, 0.25) is 0 Å². The third-order valence-corrected chi connectivity index (χ3v) is 4.00. The highest BCUT2D eigenvalue weighted by molar-refractivity contribution is 8.13. The number of carbonyl (C=O) groups excluding carboxylic acids is 1. The summed E-state index contributed by atoms with van der Waals surface area (Å²) in [5.41, 5.74) is 0.251. The summed E-state index contributed by atoms with van der Waals surface area (Å²) in [7, 11) is 2.60. The van der Waals surface area contributed by atoms with Crippen molar-refractivity contribution in [1.29, 1.82) is 0 Å². The Kier molecular flexibility index (Phi) is 5.06. The molecule has 0 bridgehead atoms. The second-order valence-corrected chi connectivity index (χ2v) is 6.62. The Bertz CT molecular complexity index is 597. The smallest absolute Gasteiger partial charge is 0.303 e. The van der Waals surface area contributed by atoms with Crippen LogP contribution >= 0.6 is 22.3 Å². The van der Waals surface area contributed by atoms with Gasteiger partial charge in [0.1, 0.15) is 16.7 Å². The van der Waals surface area contributed by atoms with Gasteiger partial charge in [-0.3, -0.25) is 4.79 Å². The van der Waals surface area contributed by atoms with E-state index in [1.54, 1.807) is 6.92 Å². The lowest BCUT2D eigenvalue weighted by molar-refractivity contribution is -0.145.